The van der Waals surface area contributed by atoms with E-state index in [1.807, 2.05) is 6.07 Å². The Hall–Kier alpha value is -0.400. The number of furan rings is 1. The fourth-order valence-corrected chi connectivity index (χ4v) is 2.92. The minimum absolute atomic E-state index is 0.589. The van der Waals surface area contributed by atoms with Crippen molar-refractivity contribution in [2.24, 2.45) is 0 Å². The quantitative estimate of drug-likeness (QED) is 0.566. The van der Waals surface area contributed by atoms with Crippen molar-refractivity contribution in [1.82, 2.24) is 9.97 Å². The Morgan fingerprint density at radius 3 is 2.48 bits per heavy atom. The van der Waals surface area contributed by atoms with E-state index in [0.29, 0.717) is 16.3 Å². The van der Waals surface area contributed by atoms with Crippen molar-refractivity contribution in [3.63, 3.8) is 0 Å². The zero-order chi connectivity index (χ0) is 15.4. The second kappa shape index (κ2) is 7.74. The maximum Gasteiger partial charge on any atom is 0.198 e. The van der Waals surface area contributed by atoms with E-state index in [4.69, 9.17) is 4.42 Å². The van der Waals surface area contributed by atoms with E-state index in [1.165, 1.54) is 0 Å². The van der Waals surface area contributed by atoms with Crippen LogP contribution in [0.3, 0.4) is 0 Å². The van der Waals surface area contributed by atoms with Crippen molar-refractivity contribution in [3.05, 3.63) is 25.4 Å². The van der Waals surface area contributed by atoms with Gasteiger partial charge in [-0.1, -0.05) is 20.3 Å². The molecule has 4 nitrogen and oxygen atoms in total. The standard InChI is InChI=1S/C14H16Br3N3O/c1-3-5-9-11(16)14(18-6-4-2)20-13(19-9)10-7-8(15)12(17)21-10/h7H,3-6H2,1-2H3,(H,18,19,20). The van der Waals surface area contributed by atoms with Gasteiger partial charge in [-0.3, -0.25) is 0 Å². The molecule has 0 bridgehead atoms. The molecular formula is C14H16Br3N3O. The van der Waals surface area contributed by atoms with Gasteiger partial charge in [0, 0.05) is 12.6 Å². The molecule has 0 aliphatic heterocycles. The lowest BCUT2D eigenvalue weighted by molar-refractivity contribution is 0.549. The van der Waals surface area contributed by atoms with E-state index in [2.05, 4.69) is 76.9 Å². The number of rotatable bonds is 6. The van der Waals surface area contributed by atoms with Crippen LogP contribution in [0.25, 0.3) is 11.6 Å². The van der Waals surface area contributed by atoms with Crippen LogP contribution < -0.4 is 5.32 Å². The van der Waals surface area contributed by atoms with Crippen LogP contribution in [0, 0.1) is 0 Å². The first kappa shape index (κ1) is 17.0. The van der Waals surface area contributed by atoms with Gasteiger partial charge in [0.2, 0.25) is 0 Å². The Labute approximate surface area is 149 Å². The summed E-state index contributed by atoms with van der Waals surface area (Å²) < 4.78 is 8.06. The SMILES string of the molecule is CCCNc1nc(-c2cc(Br)c(Br)o2)nc(CCC)c1Br. The summed E-state index contributed by atoms with van der Waals surface area (Å²) >= 11 is 10.4. The van der Waals surface area contributed by atoms with E-state index in [-0.39, 0.29) is 0 Å². The molecule has 0 aliphatic rings. The largest absolute Gasteiger partial charge is 0.445 e. The molecule has 1 N–H and O–H groups in total. The number of aromatic nitrogens is 2. The highest BCUT2D eigenvalue weighted by molar-refractivity contribution is 9.13. The molecule has 0 unspecified atom stereocenters. The summed E-state index contributed by atoms with van der Waals surface area (Å²) in [7, 11) is 0. The van der Waals surface area contributed by atoms with Crippen LogP contribution in [0.15, 0.2) is 24.1 Å². The van der Waals surface area contributed by atoms with Crippen LogP contribution >= 0.6 is 47.8 Å². The molecule has 0 fully saturated rings. The highest BCUT2D eigenvalue weighted by Gasteiger charge is 2.16. The van der Waals surface area contributed by atoms with Gasteiger partial charge in [-0.2, -0.15) is 0 Å². The molecule has 0 spiro atoms. The fraction of sp³-hybridized carbons (Fsp3) is 0.429. The molecule has 0 amide bonds. The minimum atomic E-state index is 0.589. The molecule has 0 saturated heterocycles. The smallest absolute Gasteiger partial charge is 0.198 e. The summed E-state index contributed by atoms with van der Waals surface area (Å²) in [6, 6.07) is 1.87. The van der Waals surface area contributed by atoms with Crippen molar-refractivity contribution in [2.75, 3.05) is 11.9 Å². The molecule has 21 heavy (non-hydrogen) atoms. The zero-order valence-corrected chi connectivity index (χ0v) is 16.6. The first-order chi connectivity index (χ1) is 10.1. The zero-order valence-electron chi connectivity index (χ0n) is 11.8. The molecule has 0 aromatic carbocycles. The van der Waals surface area contributed by atoms with Crippen LogP contribution in [-0.4, -0.2) is 16.5 Å². The van der Waals surface area contributed by atoms with E-state index >= 15 is 0 Å². The third-order valence-corrected chi connectivity index (χ3v) is 5.36. The van der Waals surface area contributed by atoms with Gasteiger partial charge in [0.15, 0.2) is 16.3 Å². The van der Waals surface area contributed by atoms with Crippen molar-refractivity contribution >= 4 is 53.6 Å². The molecule has 2 heterocycles. The molecule has 114 valence electrons. The summed E-state index contributed by atoms with van der Waals surface area (Å²) in [4.78, 5) is 9.19. The summed E-state index contributed by atoms with van der Waals surface area (Å²) in [5.41, 5.74) is 0.991. The lowest BCUT2D eigenvalue weighted by Crippen LogP contribution is -2.07. The van der Waals surface area contributed by atoms with Crippen LogP contribution in [0.1, 0.15) is 32.4 Å². The van der Waals surface area contributed by atoms with Crippen molar-refractivity contribution in [1.29, 1.82) is 0 Å². The lowest BCUT2D eigenvalue weighted by Gasteiger charge is -2.11. The molecule has 0 atom stereocenters. The summed E-state index contributed by atoms with van der Waals surface area (Å²) in [5.74, 6) is 2.04. The van der Waals surface area contributed by atoms with Gasteiger partial charge in [-0.25, -0.2) is 9.97 Å². The Kier molecular flexibility index (Phi) is 6.25. The molecule has 2 aromatic heterocycles. The Balaban J connectivity index is 2.47. The van der Waals surface area contributed by atoms with Crippen molar-refractivity contribution < 1.29 is 4.42 Å². The van der Waals surface area contributed by atoms with E-state index in [1.54, 1.807) is 0 Å². The number of nitrogens with one attached hydrogen (secondary N) is 1. The average molecular weight is 482 g/mol. The summed E-state index contributed by atoms with van der Waals surface area (Å²) in [6.07, 6.45) is 2.94. The number of hydrogen-bond donors (Lipinski definition) is 1. The fourth-order valence-electron chi connectivity index (χ4n) is 1.82. The number of aryl methyl sites for hydroxylation is 1. The van der Waals surface area contributed by atoms with E-state index < -0.39 is 0 Å². The van der Waals surface area contributed by atoms with Gasteiger partial charge in [0.1, 0.15) is 5.82 Å². The Morgan fingerprint density at radius 2 is 1.90 bits per heavy atom. The Morgan fingerprint density at radius 1 is 1.14 bits per heavy atom. The molecule has 0 saturated carbocycles. The van der Waals surface area contributed by atoms with Crippen molar-refractivity contribution in [3.8, 4) is 11.6 Å². The maximum absolute atomic E-state index is 5.63. The molecule has 2 rings (SSSR count). The Bertz CT molecular complexity index is 609. The number of halogens is 3. The lowest BCUT2D eigenvalue weighted by atomic mass is 10.2. The predicted octanol–water partition coefficient (Wildman–Crippen LogP) is 5.80. The third-order valence-electron chi connectivity index (χ3n) is 2.81. The maximum atomic E-state index is 5.63. The molecule has 0 aliphatic carbocycles. The third kappa shape index (κ3) is 4.07. The number of anilines is 1. The van der Waals surface area contributed by atoms with Gasteiger partial charge >= 0.3 is 0 Å². The molecule has 2 aromatic rings. The number of hydrogen-bond acceptors (Lipinski definition) is 4. The van der Waals surface area contributed by atoms with Crippen LogP contribution in [-0.2, 0) is 6.42 Å². The monoisotopic (exact) mass is 479 g/mol. The second-order valence-electron chi connectivity index (χ2n) is 4.57. The van der Waals surface area contributed by atoms with Crippen LogP contribution in [0.4, 0.5) is 5.82 Å². The van der Waals surface area contributed by atoms with Gasteiger partial charge in [-0.05, 0) is 60.6 Å². The van der Waals surface area contributed by atoms with E-state index in [9.17, 15) is 0 Å². The number of nitrogens with zero attached hydrogens (tertiary/aromatic N) is 2. The highest BCUT2D eigenvalue weighted by atomic mass is 79.9. The average Bonchev–Trinajstić information content (AvgIpc) is 2.80. The highest BCUT2D eigenvalue weighted by Crippen LogP contribution is 2.33. The van der Waals surface area contributed by atoms with Gasteiger partial charge in [0.05, 0.1) is 14.6 Å². The second-order valence-corrected chi connectivity index (χ2v) is 6.93. The van der Waals surface area contributed by atoms with Gasteiger partial charge < -0.3 is 9.73 Å². The predicted molar refractivity (Wildman–Crippen MR) is 95.6 cm³/mol. The van der Waals surface area contributed by atoms with Crippen LogP contribution in [0.5, 0.6) is 0 Å². The minimum Gasteiger partial charge on any atom is -0.445 e. The first-order valence-corrected chi connectivity index (χ1v) is 9.20. The molecule has 0 radical (unpaired) electrons. The molecular weight excluding hydrogens is 466 g/mol. The topological polar surface area (TPSA) is 51.0 Å². The summed E-state index contributed by atoms with van der Waals surface area (Å²) in [6.45, 7) is 5.12. The summed E-state index contributed by atoms with van der Waals surface area (Å²) in [5, 5.41) is 3.33. The van der Waals surface area contributed by atoms with Crippen LogP contribution in [0.2, 0.25) is 0 Å². The van der Waals surface area contributed by atoms with Gasteiger partial charge in [0.25, 0.3) is 0 Å². The molecule has 7 heteroatoms. The van der Waals surface area contributed by atoms with Crippen molar-refractivity contribution in [2.45, 2.75) is 33.1 Å². The first-order valence-electron chi connectivity index (χ1n) is 6.82. The normalized spacial score (nSPS) is 10.9. The van der Waals surface area contributed by atoms with E-state index in [0.717, 1.165) is 46.3 Å². The van der Waals surface area contributed by atoms with Gasteiger partial charge in [-0.15, -0.1) is 0 Å².